The average Bonchev–Trinajstić information content (AvgIpc) is 2.40. The molecule has 1 unspecified atom stereocenters. The first-order chi connectivity index (χ1) is 9.07. The van der Waals surface area contributed by atoms with Gasteiger partial charge in [0.15, 0.2) is 11.6 Å². The average molecular weight is 266 g/mol. The molecule has 1 aliphatic heterocycles. The van der Waals surface area contributed by atoms with Crippen molar-refractivity contribution in [3.8, 4) is 5.75 Å². The molecule has 1 heterocycles. The Balaban J connectivity index is 2.19. The first kappa shape index (κ1) is 14.3. The largest absolute Gasteiger partial charge is 0.494 e. The minimum atomic E-state index is -0.280. The second-order valence-electron chi connectivity index (χ2n) is 5.54. The van der Waals surface area contributed by atoms with E-state index in [1.54, 1.807) is 12.1 Å². The summed E-state index contributed by atoms with van der Waals surface area (Å²) in [7, 11) is 5.70. The van der Waals surface area contributed by atoms with E-state index in [0.29, 0.717) is 5.75 Å². The Morgan fingerprint density at radius 3 is 2.74 bits per heavy atom. The van der Waals surface area contributed by atoms with Crippen LogP contribution < -0.4 is 10.1 Å². The van der Waals surface area contributed by atoms with Crippen molar-refractivity contribution in [3.63, 3.8) is 0 Å². The molecule has 3 nitrogen and oxygen atoms in total. The minimum Gasteiger partial charge on any atom is -0.494 e. The molecule has 0 aliphatic carbocycles. The third-order valence-electron chi connectivity index (χ3n) is 4.15. The first-order valence-electron chi connectivity index (χ1n) is 6.78. The quantitative estimate of drug-likeness (QED) is 0.903. The third kappa shape index (κ3) is 3.07. The van der Waals surface area contributed by atoms with E-state index in [1.165, 1.54) is 7.11 Å². The summed E-state index contributed by atoms with van der Waals surface area (Å²) in [5.41, 5.74) is 1.11. The lowest BCUT2D eigenvalue weighted by Gasteiger charge is -2.43. The zero-order chi connectivity index (χ0) is 13.9. The van der Waals surface area contributed by atoms with Crippen molar-refractivity contribution in [2.24, 2.45) is 0 Å². The standard InChI is InChI=1S/C15H23FN2O/c1-18(2)15(7-4-8-17-11-15)10-12-5-6-14(19-3)13(16)9-12/h5-6,9,17H,4,7-8,10-11H2,1-3H3. The summed E-state index contributed by atoms with van der Waals surface area (Å²) in [6.45, 7) is 2.03. The lowest BCUT2D eigenvalue weighted by molar-refractivity contribution is 0.114. The van der Waals surface area contributed by atoms with Gasteiger partial charge in [-0.15, -0.1) is 0 Å². The highest BCUT2D eigenvalue weighted by molar-refractivity contribution is 5.30. The van der Waals surface area contributed by atoms with Crippen LogP contribution in [0.25, 0.3) is 0 Å². The number of nitrogens with one attached hydrogen (secondary N) is 1. The number of ether oxygens (including phenoxy) is 1. The number of piperidine rings is 1. The molecule has 0 spiro atoms. The van der Waals surface area contributed by atoms with E-state index >= 15 is 0 Å². The van der Waals surface area contributed by atoms with Gasteiger partial charge < -0.3 is 15.0 Å². The van der Waals surface area contributed by atoms with Crippen LogP contribution in [0.4, 0.5) is 4.39 Å². The van der Waals surface area contributed by atoms with E-state index in [4.69, 9.17) is 4.74 Å². The molecule has 1 N–H and O–H groups in total. The first-order valence-corrected chi connectivity index (χ1v) is 6.78. The molecule has 0 radical (unpaired) electrons. The van der Waals surface area contributed by atoms with Gasteiger partial charge in [-0.25, -0.2) is 4.39 Å². The van der Waals surface area contributed by atoms with Crippen LogP contribution in [0, 0.1) is 5.82 Å². The van der Waals surface area contributed by atoms with Crippen molar-refractivity contribution in [1.82, 2.24) is 10.2 Å². The number of benzene rings is 1. The number of halogens is 1. The van der Waals surface area contributed by atoms with Crippen LogP contribution >= 0.6 is 0 Å². The summed E-state index contributed by atoms with van der Waals surface area (Å²) >= 11 is 0. The fourth-order valence-corrected chi connectivity index (χ4v) is 2.84. The fourth-order valence-electron chi connectivity index (χ4n) is 2.84. The summed E-state index contributed by atoms with van der Waals surface area (Å²) < 4.78 is 18.7. The zero-order valence-electron chi connectivity index (χ0n) is 12.0. The molecular formula is C15H23FN2O. The van der Waals surface area contributed by atoms with Crippen molar-refractivity contribution in [2.75, 3.05) is 34.3 Å². The minimum absolute atomic E-state index is 0.0826. The molecule has 0 saturated carbocycles. The van der Waals surface area contributed by atoms with Crippen LogP contribution in [0.2, 0.25) is 0 Å². The number of methoxy groups -OCH3 is 1. The predicted octanol–water partition coefficient (Wildman–Crippen LogP) is 2.06. The summed E-state index contributed by atoms with van der Waals surface area (Å²) in [5.74, 6) is 0.0297. The Morgan fingerprint density at radius 1 is 1.42 bits per heavy atom. The highest BCUT2D eigenvalue weighted by atomic mass is 19.1. The molecule has 1 saturated heterocycles. The van der Waals surface area contributed by atoms with Gasteiger partial charge in [-0.3, -0.25) is 0 Å². The number of hydrogen-bond donors (Lipinski definition) is 1. The Kier molecular flexibility index (Phi) is 4.42. The van der Waals surface area contributed by atoms with Crippen LogP contribution in [-0.2, 0) is 6.42 Å². The molecule has 2 rings (SSSR count). The Labute approximate surface area is 114 Å². The van der Waals surface area contributed by atoms with Gasteiger partial charge in [-0.1, -0.05) is 6.07 Å². The van der Waals surface area contributed by atoms with E-state index < -0.39 is 0 Å². The highest BCUT2D eigenvalue weighted by Crippen LogP contribution is 2.28. The van der Waals surface area contributed by atoms with Crippen LogP contribution in [0.15, 0.2) is 18.2 Å². The molecule has 19 heavy (non-hydrogen) atoms. The van der Waals surface area contributed by atoms with Crippen molar-refractivity contribution < 1.29 is 9.13 Å². The van der Waals surface area contributed by atoms with Crippen LogP contribution in [-0.4, -0.2) is 44.7 Å². The summed E-state index contributed by atoms with van der Waals surface area (Å²) in [6.07, 6.45) is 3.16. The number of nitrogens with zero attached hydrogens (tertiary/aromatic N) is 1. The van der Waals surface area contributed by atoms with Crippen molar-refractivity contribution in [1.29, 1.82) is 0 Å². The highest BCUT2D eigenvalue weighted by Gasteiger charge is 2.34. The van der Waals surface area contributed by atoms with E-state index in [2.05, 4.69) is 24.3 Å². The maximum atomic E-state index is 13.8. The van der Waals surface area contributed by atoms with Gasteiger partial charge in [0.25, 0.3) is 0 Å². The van der Waals surface area contributed by atoms with Gasteiger partial charge in [0, 0.05) is 12.1 Å². The molecule has 1 aromatic carbocycles. The molecule has 0 amide bonds. The van der Waals surface area contributed by atoms with E-state index in [-0.39, 0.29) is 11.4 Å². The monoisotopic (exact) mass is 266 g/mol. The lowest BCUT2D eigenvalue weighted by Crippen LogP contribution is -2.56. The van der Waals surface area contributed by atoms with E-state index in [1.807, 2.05) is 6.07 Å². The third-order valence-corrected chi connectivity index (χ3v) is 4.15. The SMILES string of the molecule is COc1ccc(CC2(N(C)C)CCCNC2)cc1F. The molecule has 1 fully saturated rings. The van der Waals surface area contributed by atoms with E-state index in [9.17, 15) is 4.39 Å². The number of hydrogen-bond acceptors (Lipinski definition) is 3. The van der Waals surface area contributed by atoms with Gasteiger partial charge >= 0.3 is 0 Å². The molecule has 1 aliphatic rings. The van der Waals surface area contributed by atoms with Gasteiger partial charge in [-0.05, 0) is 57.6 Å². The van der Waals surface area contributed by atoms with Crippen LogP contribution in [0.1, 0.15) is 18.4 Å². The molecule has 0 bridgehead atoms. The Morgan fingerprint density at radius 2 is 2.21 bits per heavy atom. The van der Waals surface area contributed by atoms with Gasteiger partial charge in [-0.2, -0.15) is 0 Å². The molecule has 0 aromatic heterocycles. The summed E-state index contributed by atoms with van der Waals surface area (Å²) in [6, 6.07) is 5.27. The molecule has 106 valence electrons. The number of likely N-dealkylation sites (N-methyl/N-ethyl adjacent to an activating group) is 1. The fraction of sp³-hybridized carbons (Fsp3) is 0.600. The van der Waals surface area contributed by atoms with Crippen molar-refractivity contribution in [3.05, 3.63) is 29.6 Å². The number of rotatable bonds is 4. The smallest absolute Gasteiger partial charge is 0.165 e. The van der Waals surface area contributed by atoms with Gasteiger partial charge in [0.2, 0.25) is 0 Å². The Bertz CT molecular complexity index is 428. The summed E-state index contributed by atoms with van der Waals surface area (Å²) in [4.78, 5) is 2.27. The summed E-state index contributed by atoms with van der Waals surface area (Å²) in [5, 5.41) is 3.45. The Hall–Kier alpha value is -1.13. The molecule has 1 aromatic rings. The predicted molar refractivity (Wildman–Crippen MR) is 75.2 cm³/mol. The molecular weight excluding hydrogens is 243 g/mol. The normalized spacial score (nSPS) is 23.6. The second-order valence-corrected chi connectivity index (χ2v) is 5.54. The maximum absolute atomic E-state index is 13.8. The lowest BCUT2D eigenvalue weighted by atomic mass is 9.83. The van der Waals surface area contributed by atoms with Gasteiger partial charge in [0.1, 0.15) is 0 Å². The topological polar surface area (TPSA) is 24.5 Å². The maximum Gasteiger partial charge on any atom is 0.165 e. The van der Waals surface area contributed by atoms with Gasteiger partial charge in [0.05, 0.1) is 7.11 Å². The second kappa shape index (κ2) is 5.88. The zero-order valence-corrected chi connectivity index (χ0v) is 12.0. The van der Waals surface area contributed by atoms with E-state index in [0.717, 1.165) is 37.9 Å². The van der Waals surface area contributed by atoms with Crippen molar-refractivity contribution in [2.45, 2.75) is 24.8 Å². The van der Waals surface area contributed by atoms with Crippen LogP contribution in [0.3, 0.4) is 0 Å². The van der Waals surface area contributed by atoms with Crippen LogP contribution in [0.5, 0.6) is 5.75 Å². The van der Waals surface area contributed by atoms with Crippen molar-refractivity contribution >= 4 is 0 Å². The molecule has 1 atom stereocenters. The molecule has 4 heteroatoms.